The zero-order chi connectivity index (χ0) is 23.5. The lowest BCUT2D eigenvalue weighted by molar-refractivity contribution is -0.131. The molecule has 0 spiro atoms. The van der Waals surface area contributed by atoms with Crippen molar-refractivity contribution in [1.82, 2.24) is 10.2 Å². The van der Waals surface area contributed by atoms with E-state index in [9.17, 15) is 4.79 Å². The molecule has 0 saturated heterocycles. The molecule has 0 aliphatic heterocycles. The van der Waals surface area contributed by atoms with Crippen LogP contribution < -0.4 is 0 Å². The van der Waals surface area contributed by atoms with Gasteiger partial charge in [0, 0.05) is 11.5 Å². The molecule has 168 valence electrons. The minimum Gasteiger partial charge on any atom is -0.478 e. The number of benzene rings is 3. The number of fused-ring (bicyclic) bond motifs is 2. The van der Waals surface area contributed by atoms with E-state index in [1.807, 2.05) is 18.3 Å². The molecule has 1 aliphatic rings. The highest BCUT2D eigenvalue weighted by molar-refractivity contribution is 5.97. The number of H-pyrrole nitrogens is 1. The molecule has 2 N–H and O–H groups in total. The van der Waals surface area contributed by atoms with Crippen LogP contribution in [-0.2, 0) is 11.2 Å². The molecule has 0 amide bonds. The van der Waals surface area contributed by atoms with Gasteiger partial charge >= 0.3 is 5.97 Å². The largest absolute Gasteiger partial charge is 0.478 e. The number of carbonyl (C=O) groups is 1. The van der Waals surface area contributed by atoms with Crippen molar-refractivity contribution >= 4 is 34.1 Å². The number of carboxylic acids is 1. The minimum atomic E-state index is -0.950. The number of aryl methyl sites for hydroxylation is 1. The number of nitrogens with zero attached hydrogens (tertiary/aromatic N) is 1. The summed E-state index contributed by atoms with van der Waals surface area (Å²) in [6.07, 6.45) is 10.0. The predicted molar refractivity (Wildman–Crippen MR) is 138 cm³/mol. The van der Waals surface area contributed by atoms with Crippen molar-refractivity contribution in [3.8, 4) is 0 Å². The fourth-order valence-corrected chi connectivity index (χ4v) is 4.81. The van der Waals surface area contributed by atoms with Crippen molar-refractivity contribution in [2.24, 2.45) is 0 Å². The van der Waals surface area contributed by atoms with E-state index in [1.165, 1.54) is 33.9 Å². The molecule has 0 fully saturated rings. The van der Waals surface area contributed by atoms with Gasteiger partial charge in [0.25, 0.3) is 0 Å². The summed E-state index contributed by atoms with van der Waals surface area (Å²) in [6.45, 7) is 2.22. The quantitative estimate of drug-likeness (QED) is 0.317. The van der Waals surface area contributed by atoms with Crippen LogP contribution in [0.4, 0.5) is 0 Å². The first-order chi connectivity index (χ1) is 16.6. The number of aromatic nitrogens is 2. The first kappa shape index (κ1) is 21.7. The van der Waals surface area contributed by atoms with Crippen molar-refractivity contribution in [2.45, 2.75) is 26.2 Å². The van der Waals surface area contributed by atoms with Gasteiger partial charge in [0.2, 0.25) is 0 Å². The molecular formula is C30H26N2O2. The summed E-state index contributed by atoms with van der Waals surface area (Å²) in [4.78, 5) is 10.9. The van der Waals surface area contributed by atoms with Gasteiger partial charge in [0.1, 0.15) is 0 Å². The lowest BCUT2D eigenvalue weighted by Gasteiger charge is -2.23. The number of rotatable bonds is 6. The van der Waals surface area contributed by atoms with Crippen LogP contribution in [0.15, 0.2) is 90.7 Å². The van der Waals surface area contributed by atoms with Crippen LogP contribution in [0.2, 0.25) is 0 Å². The predicted octanol–water partition coefficient (Wildman–Crippen LogP) is 6.90. The molecule has 5 rings (SSSR count). The molecule has 4 aromatic rings. The van der Waals surface area contributed by atoms with E-state index >= 15 is 0 Å². The molecule has 0 radical (unpaired) electrons. The van der Waals surface area contributed by atoms with Crippen molar-refractivity contribution in [1.29, 1.82) is 0 Å². The zero-order valence-electron chi connectivity index (χ0n) is 19.1. The number of allylic oxidation sites excluding steroid dienone is 3. The molecule has 34 heavy (non-hydrogen) atoms. The molecule has 0 saturated carbocycles. The molecular weight excluding hydrogens is 420 g/mol. The number of aromatic amines is 1. The maximum atomic E-state index is 10.9. The SMILES string of the molecule is CC/C(C1=CCCc2ccccc21)=C(/c1ccc(/C=C/C(=O)O)cc1)c1ccc2[nH]ncc2c1. The topological polar surface area (TPSA) is 66.0 Å². The second-order valence-corrected chi connectivity index (χ2v) is 8.49. The maximum absolute atomic E-state index is 10.9. The van der Waals surface area contributed by atoms with Crippen LogP contribution >= 0.6 is 0 Å². The molecule has 1 aromatic heterocycles. The highest BCUT2D eigenvalue weighted by Crippen LogP contribution is 2.40. The third kappa shape index (κ3) is 4.23. The molecule has 3 aromatic carbocycles. The minimum absolute atomic E-state index is 0.857. The summed E-state index contributed by atoms with van der Waals surface area (Å²) in [5, 5.41) is 17.3. The van der Waals surface area contributed by atoms with Crippen molar-refractivity contribution in [2.75, 3.05) is 0 Å². The van der Waals surface area contributed by atoms with Crippen LogP contribution in [0.3, 0.4) is 0 Å². The molecule has 0 bridgehead atoms. The Morgan fingerprint density at radius 1 is 1.06 bits per heavy atom. The van der Waals surface area contributed by atoms with E-state index in [0.717, 1.165) is 46.9 Å². The Bertz CT molecular complexity index is 1450. The van der Waals surface area contributed by atoms with Gasteiger partial charge in [-0.25, -0.2) is 4.79 Å². The summed E-state index contributed by atoms with van der Waals surface area (Å²) in [5.41, 5.74) is 10.6. The van der Waals surface area contributed by atoms with Gasteiger partial charge in [0.15, 0.2) is 0 Å². The number of hydrogen-bond acceptors (Lipinski definition) is 2. The van der Waals surface area contributed by atoms with Crippen molar-refractivity contribution < 1.29 is 9.90 Å². The van der Waals surface area contributed by atoms with Gasteiger partial charge in [-0.3, -0.25) is 5.10 Å². The van der Waals surface area contributed by atoms with Crippen LogP contribution in [0.25, 0.3) is 28.1 Å². The Balaban J connectivity index is 1.71. The van der Waals surface area contributed by atoms with E-state index in [1.54, 1.807) is 6.08 Å². The molecule has 4 heteroatoms. The number of hydrogen-bond donors (Lipinski definition) is 2. The van der Waals surface area contributed by atoms with Crippen molar-refractivity contribution in [3.63, 3.8) is 0 Å². The molecule has 0 atom stereocenters. The summed E-state index contributed by atoms with van der Waals surface area (Å²) in [7, 11) is 0. The van der Waals surface area contributed by atoms with Crippen LogP contribution in [-0.4, -0.2) is 21.3 Å². The zero-order valence-corrected chi connectivity index (χ0v) is 19.1. The molecule has 1 heterocycles. The highest BCUT2D eigenvalue weighted by Gasteiger charge is 2.20. The smallest absolute Gasteiger partial charge is 0.328 e. The van der Waals surface area contributed by atoms with E-state index in [2.05, 4.69) is 77.8 Å². The molecule has 0 unspecified atom stereocenters. The summed E-state index contributed by atoms with van der Waals surface area (Å²) >= 11 is 0. The highest BCUT2D eigenvalue weighted by atomic mass is 16.4. The first-order valence-electron chi connectivity index (χ1n) is 11.6. The average Bonchev–Trinajstić information content (AvgIpc) is 3.34. The lowest BCUT2D eigenvalue weighted by Crippen LogP contribution is -2.04. The Hall–Kier alpha value is -4.18. The van der Waals surface area contributed by atoms with Gasteiger partial charge < -0.3 is 5.11 Å². The number of nitrogens with one attached hydrogen (secondary N) is 1. The van der Waals surface area contributed by atoms with Gasteiger partial charge in [-0.05, 0) is 82.0 Å². The second kappa shape index (κ2) is 9.36. The average molecular weight is 447 g/mol. The normalized spacial score (nSPS) is 14.1. The summed E-state index contributed by atoms with van der Waals surface area (Å²) < 4.78 is 0. The second-order valence-electron chi connectivity index (χ2n) is 8.49. The number of aliphatic carboxylic acids is 1. The van der Waals surface area contributed by atoms with Crippen LogP contribution in [0.1, 0.15) is 47.6 Å². The lowest BCUT2D eigenvalue weighted by atomic mass is 9.81. The maximum Gasteiger partial charge on any atom is 0.328 e. The van der Waals surface area contributed by atoms with Crippen LogP contribution in [0, 0.1) is 0 Å². The Kier molecular flexibility index (Phi) is 5.96. The van der Waals surface area contributed by atoms with Gasteiger partial charge in [0.05, 0.1) is 11.7 Å². The van der Waals surface area contributed by atoms with Gasteiger partial charge in [-0.1, -0.05) is 67.6 Å². The summed E-state index contributed by atoms with van der Waals surface area (Å²) in [6, 6.07) is 23.2. The first-order valence-corrected chi connectivity index (χ1v) is 11.6. The van der Waals surface area contributed by atoms with Crippen molar-refractivity contribution in [3.05, 3.63) is 118 Å². The molecule has 4 nitrogen and oxygen atoms in total. The van der Waals surface area contributed by atoms with Gasteiger partial charge in [-0.15, -0.1) is 0 Å². The Labute approximate surface area is 199 Å². The standard InChI is InChI=1S/C30H26N2O2/c1-2-25(27-9-5-7-21-6-3-4-8-26(21)27)30(23-15-16-28-24(18-23)19-31-32-28)22-13-10-20(11-14-22)12-17-29(33)34/h3-4,6,8-19H,2,5,7H2,1H3,(H,31,32)(H,33,34)/b17-12+,30-25+. The Morgan fingerprint density at radius 3 is 2.65 bits per heavy atom. The fourth-order valence-electron chi connectivity index (χ4n) is 4.81. The fraction of sp³-hybridized carbons (Fsp3) is 0.133. The van der Waals surface area contributed by atoms with Gasteiger partial charge in [-0.2, -0.15) is 5.10 Å². The monoisotopic (exact) mass is 446 g/mol. The molecule has 1 aliphatic carbocycles. The third-order valence-electron chi connectivity index (χ3n) is 6.40. The Morgan fingerprint density at radius 2 is 1.85 bits per heavy atom. The van der Waals surface area contributed by atoms with E-state index < -0.39 is 5.97 Å². The number of carboxylic acid groups (broad SMARTS) is 1. The third-order valence-corrected chi connectivity index (χ3v) is 6.40. The van der Waals surface area contributed by atoms with Crippen LogP contribution in [0.5, 0.6) is 0 Å². The van der Waals surface area contributed by atoms with E-state index in [4.69, 9.17) is 5.11 Å². The van der Waals surface area contributed by atoms with E-state index in [0.29, 0.717) is 0 Å². The van der Waals surface area contributed by atoms with E-state index in [-0.39, 0.29) is 0 Å². The summed E-state index contributed by atoms with van der Waals surface area (Å²) in [5.74, 6) is -0.950.